The molecule has 0 aliphatic carbocycles. The molecule has 0 saturated carbocycles. The molecule has 7 nitrogen and oxygen atoms in total. The fraction of sp³-hybridized carbons (Fsp3) is 0.360. The monoisotopic (exact) mass is 461 g/mol. The molecule has 1 fully saturated rings. The molecule has 2 aromatic heterocycles. The van der Waals surface area contributed by atoms with Crippen molar-refractivity contribution in [1.82, 2.24) is 24.6 Å². The fourth-order valence-electron chi connectivity index (χ4n) is 4.29. The number of hydrogen-bond donors (Lipinski definition) is 0. The van der Waals surface area contributed by atoms with Gasteiger partial charge in [0.2, 0.25) is 0 Å². The second-order valence-electron chi connectivity index (χ2n) is 8.42. The van der Waals surface area contributed by atoms with Crippen molar-refractivity contribution >= 4 is 38.2 Å². The zero-order valence-electron chi connectivity index (χ0n) is 18.7. The van der Waals surface area contributed by atoms with Crippen LogP contribution in [0.5, 0.6) is 0 Å². The number of benzene rings is 2. The molecule has 1 amide bonds. The maximum atomic E-state index is 13.5. The summed E-state index contributed by atoms with van der Waals surface area (Å²) in [4.78, 5) is 35.2. The lowest BCUT2D eigenvalue weighted by Gasteiger charge is -2.34. The van der Waals surface area contributed by atoms with Crippen LogP contribution in [0.15, 0.2) is 53.3 Å². The van der Waals surface area contributed by atoms with Crippen LogP contribution in [0, 0.1) is 0 Å². The number of amides is 1. The highest BCUT2D eigenvalue weighted by Gasteiger charge is 2.26. The quantitative estimate of drug-likeness (QED) is 0.437. The van der Waals surface area contributed by atoms with Gasteiger partial charge in [0.05, 0.1) is 22.1 Å². The van der Waals surface area contributed by atoms with Crippen molar-refractivity contribution in [2.24, 2.45) is 0 Å². The average Bonchev–Trinajstić information content (AvgIpc) is 3.26. The normalized spacial score (nSPS) is 14.9. The van der Waals surface area contributed by atoms with Crippen LogP contribution in [0.4, 0.5) is 0 Å². The molecule has 0 radical (unpaired) electrons. The number of hydrogen-bond acceptors (Lipinski definition) is 6. The van der Waals surface area contributed by atoms with Gasteiger partial charge >= 0.3 is 0 Å². The number of fused-ring (bicyclic) bond motifs is 2. The van der Waals surface area contributed by atoms with E-state index in [0.29, 0.717) is 36.1 Å². The van der Waals surface area contributed by atoms with Gasteiger partial charge in [-0.05, 0) is 24.6 Å². The Labute approximate surface area is 196 Å². The summed E-state index contributed by atoms with van der Waals surface area (Å²) in [5.74, 6) is -0.101. The molecule has 0 spiro atoms. The molecule has 1 aliphatic rings. The molecule has 2 aromatic carbocycles. The zero-order valence-corrected chi connectivity index (χ0v) is 19.6. The molecule has 1 saturated heterocycles. The number of thiazole rings is 1. The van der Waals surface area contributed by atoms with Gasteiger partial charge in [0.1, 0.15) is 5.01 Å². The fourth-order valence-corrected chi connectivity index (χ4v) is 5.30. The van der Waals surface area contributed by atoms with Crippen LogP contribution in [-0.2, 0) is 13.1 Å². The summed E-state index contributed by atoms with van der Waals surface area (Å²) < 4.78 is 2.67. The number of nitrogens with zero attached hydrogens (tertiary/aromatic N) is 5. The summed E-state index contributed by atoms with van der Waals surface area (Å²) >= 11 is 1.73. The average molecular weight is 462 g/mol. The van der Waals surface area contributed by atoms with Crippen molar-refractivity contribution in [3.63, 3.8) is 0 Å². The van der Waals surface area contributed by atoms with E-state index < -0.39 is 0 Å². The molecule has 1 aliphatic heterocycles. The van der Waals surface area contributed by atoms with Gasteiger partial charge in [-0.15, -0.1) is 11.3 Å². The molecule has 0 unspecified atom stereocenters. The van der Waals surface area contributed by atoms with E-state index in [0.717, 1.165) is 43.0 Å². The Hall–Kier alpha value is -3.10. The van der Waals surface area contributed by atoms with Crippen LogP contribution in [0.1, 0.15) is 35.3 Å². The highest BCUT2D eigenvalue weighted by molar-refractivity contribution is 7.18. The number of carbonyl (C=O) groups excluding carboxylic acids is 1. The van der Waals surface area contributed by atoms with E-state index >= 15 is 0 Å². The first-order valence-corrected chi connectivity index (χ1v) is 12.3. The van der Waals surface area contributed by atoms with E-state index in [1.165, 1.54) is 9.38 Å². The Balaban J connectivity index is 1.32. The minimum absolute atomic E-state index is 0.101. The van der Waals surface area contributed by atoms with Gasteiger partial charge in [-0.2, -0.15) is 5.10 Å². The number of piperazine rings is 1. The zero-order chi connectivity index (χ0) is 22.8. The lowest BCUT2D eigenvalue weighted by Crippen LogP contribution is -2.48. The number of aryl methyl sites for hydroxylation is 1. The summed E-state index contributed by atoms with van der Waals surface area (Å²) in [7, 11) is 0. The lowest BCUT2D eigenvalue weighted by atomic mass is 10.1. The molecule has 0 N–H and O–H groups in total. The third-order valence-electron chi connectivity index (χ3n) is 6.15. The van der Waals surface area contributed by atoms with Crippen LogP contribution in [0.25, 0.3) is 21.0 Å². The number of para-hydroxylation sites is 1. The molecular weight excluding hydrogens is 434 g/mol. The molecule has 0 atom stereocenters. The summed E-state index contributed by atoms with van der Waals surface area (Å²) in [6.45, 7) is 6.23. The molecule has 8 heteroatoms. The van der Waals surface area contributed by atoms with Crippen molar-refractivity contribution in [1.29, 1.82) is 0 Å². The third-order valence-corrected chi connectivity index (χ3v) is 7.17. The number of aromatic nitrogens is 3. The smallest absolute Gasteiger partial charge is 0.275 e. The van der Waals surface area contributed by atoms with Crippen LogP contribution in [-0.4, -0.2) is 56.7 Å². The number of unbranched alkanes of at least 4 members (excludes halogenated alkanes) is 1. The maximum Gasteiger partial charge on any atom is 0.275 e. The van der Waals surface area contributed by atoms with Crippen molar-refractivity contribution in [3.8, 4) is 0 Å². The lowest BCUT2D eigenvalue weighted by molar-refractivity contribution is 0.0622. The molecule has 0 bridgehead atoms. The number of rotatable bonds is 6. The van der Waals surface area contributed by atoms with Gasteiger partial charge in [0.25, 0.3) is 11.5 Å². The summed E-state index contributed by atoms with van der Waals surface area (Å²) in [5, 5.41) is 6.81. The third kappa shape index (κ3) is 4.41. The Morgan fingerprint density at radius 2 is 1.73 bits per heavy atom. The first-order chi connectivity index (χ1) is 16.1. The first-order valence-electron chi connectivity index (χ1n) is 11.5. The standard InChI is InChI=1S/C25H27N5O2S/c1-2-3-12-30-24(31)19-9-5-4-8-18(19)23(27-30)25(32)29-15-13-28(14-16-29)17-22-26-20-10-6-7-11-21(20)33-22/h4-11H,2-3,12-17H2,1H3. The minimum atomic E-state index is -0.128. The van der Waals surface area contributed by atoms with Crippen LogP contribution < -0.4 is 5.56 Å². The Morgan fingerprint density at radius 1 is 1.00 bits per heavy atom. The van der Waals surface area contributed by atoms with Gasteiger partial charge < -0.3 is 4.90 Å². The molecule has 5 rings (SSSR count). The second-order valence-corrected chi connectivity index (χ2v) is 9.53. The van der Waals surface area contributed by atoms with E-state index in [1.54, 1.807) is 17.4 Å². The van der Waals surface area contributed by atoms with Crippen molar-refractivity contribution in [2.75, 3.05) is 26.2 Å². The predicted octanol–water partition coefficient (Wildman–Crippen LogP) is 3.76. The molecule has 4 aromatic rings. The second kappa shape index (κ2) is 9.41. The van der Waals surface area contributed by atoms with E-state index in [1.807, 2.05) is 41.3 Å². The summed E-state index contributed by atoms with van der Waals surface area (Å²) in [6.07, 6.45) is 1.81. The van der Waals surface area contributed by atoms with Gasteiger partial charge in [0.15, 0.2) is 5.69 Å². The van der Waals surface area contributed by atoms with Crippen LogP contribution >= 0.6 is 11.3 Å². The topological polar surface area (TPSA) is 71.3 Å². The Morgan fingerprint density at radius 3 is 2.48 bits per heavy atom. The summed E-state index contributed by atoms with van der Waals surface area (Å²) in [5.41, 5.74) is 1.29. The molecule has 3 heterocycles. The Bertz CT molecular complexity index is 1320. The van der Waals surface area contributed by atoms with E-state index in [4.69, 9.17) is 4.98 Å². The predicted molar refractivity (Wildman–Crippen MR) is 132 cm³/mol. The van der Waals surface area contributed by atoms with Crippen LogP contribution in [0.3, 0.4) is 0 Å². The molecule has 170 valence electrons. The Kier molecular flexibility index (Phi) is 6.20. The molecular formula is C25H27N5O2S. The van der Waals surface area contributed by atoms with Gasteiger partial charge in [-0.1, -0.05) is 43.7 Å². The highest BCUT2D eigenvalue weighted by atomic mass is 32.1. The largest absolute Gasteiger partial charge is 0.335 e. The molecule has 33 heavy (non-hydrogen) atoms. The van der Waals surface area contributed by atoms with E-state index in [-0.39, 0.29) is 11.5 Å². The van der Waals surface area contributed by atoms with Crippen LogP contribution in [0.2, 0.25) is 0 Å². The van der Waals surface area contributed by atoms with Gasteiger partial charge in [-0.25, -0.2) is 9.67 Å². The van der Waals surface area contributed by atoms with Gasteiger partial charge in [0, 0.05) is 38.1 Å². The maximum absolute atomic E-state index is 13.5. The van der Waals surface area contributed by atoms with Crippen molar-refractivity contribution in [2.45, 2.75) is 32.9 Å². The SMILES string of the molecule is CCCCn1nc(C(=O)N2CCN(Cc3nc4ccccc4s3)CC2)c2ccccc2c1=O. The highest BCUT2D eigenvalue weighted by Crippen LogP contribution is 2.23. The summed E-state index contributed by atoms with van der Waals surface area (Å²) in [6, 6.07) is 15.5. The van der Waals surface area contributed by atoms with E-state index in [9.17, 15) is 9.59 Å². The van der Waals surface area contributed by atoms with E-state index in [2.05, 4.69) is 23.0 Å². The van der Waals surface area contributed by atoms with Crippen molar-refractivity contribution < 1.29 is 4.79 Å². The minimum Gasteiger partial charge on any atom is -0.335 e. The van der Waals surface area contributed by atoms with Crippen molar-refractivity contribution in [3.05, 3.63) is 69.6 Å². The first kappa shape index (κ1) is 21.7. The van der Waals surface area contributed by atoms with Gasteiger partial charge in [-0.3, -0.25) is 14.5 Å². The number of carbonyl (C=O) groups is 1.